The summed E-state index contributed by atoms with van der Waals surface area (Å²) >= 11 is 0. The van der Waals surface area contributed by atoms with E-state index >= 15 is 0 Å². The van der Waals surface area contributed by atoms with E-state index in [0.717, 1.165) is 16.8 Å². The van der Waals surface area contributed by atoms with E-state index in [0.29, 0.717) is 19.8 Å². The monoisotopic (exact) mass is 342 g/mol. The lowest BCUT2D eigenvalue weighted by Gasteiger charge is -2.18. The Balaban J connectivity index is 1.94. The Kier molecular flexibility index (Phi) is 7.44. The molecule has 0 spiro atoms. The third-order valence-electron chi connectivity index (χ3n) is 3.60. The summed E-state index contributed by atoms with van der Waals surface area (Å²) in [4.78, 5) is 11.8. The van der Waals surface area contributed by atoms with Crippen LogP contribution in [0.2, 0.25) is 0 Å². The molecule has 0 saturated carbocycles. The Morgan fingerprint density at radius 3 is 2.52 bits per heavy atom. The summed E-state index contributed by atoms with van der Waals surface area (Å²) in [6.45, 7) is 5.61. The molecule has 25 heavy (non-hydrogen) atoms. The molecular weight excluding hydrogens is 316 g/mol. The van der Waals surface area contributed by atoms with Crippen LogP contribution in [0.25, 0.3) is 0 Å². The minimum atomic E-state index is -0.572. The molecule has 0 unspecified atom stereocenters. The average Bonchev–Trinajstić information content (AvgIpc) is 2.60. The first-order valence-electron chi connectivity index (χ1n) is 8.45. The van der Waals surface area contributed by atoms with Gasteiger partial charge in [-0.1, -0.05) is 42.5 Å². The lowest BCUT2D eigenvalue weighted by molar-refractivity contribution is -0.118. The highest BCUT2D eigenvalue weighted by Gasteiger charge is 2.17. The van der Waals surface area contributed by atoms with Gasteiger partial charge in [-0.05, 0) is 37.1 Å². The molecule has 0 aliphatic carbocycles. The topological polar surface area (TPSA) is 73.6 Å². The van der Waals surface area contributed by atoms with Crippen LogP contribution in [0.5, 0.6) is 0 Å². The fourth-order valence-corrected chi connectivity index (χ4v) is 2.41. The molecule has 0 saturated heterocycles. The largest absolute Gasteiger partial charge is 0.376 e. The van der Waals surface area contributed by atoms with Gasteiger partial charge in [-0.2, -0.15) is 0 Å². The van der Waals surface area contributed by atoms with E-state index in [-0.39, 0.29) is 6.10 Å². The molecule has 1 atom stereocenters. The SMILES string of the molecule is CC(C)OCCOCc1cccc(N[C@@H](C(N)=O)c2ccccc2)c1. The molecule has 0 radical (unpaired) electrons. The lowest BCUT2D eigenvalue weighted by atomic mass is 10.1. The Hall–Kier alpha value is -2.37. The quantitative estimate of drug-likeness (QED) is 0.650. The molecule has 2 aromatic carbocycles. The number of carbonyl (C=O) groups is 1. The molecule has 1 amide bonds. The van der Waals surface area contributed by atoms with E-state index in [1.165, 1.54) is 0 Å². The van der Waals surface area contributed by atoms with Crippen LogP contribution in [0.3, 0.4) is 0 Å². The van der Waals surface area contributed by atoms with Gasteiger partial charge in [-0.15, -0.1) is 0 Å². The number of hydrogen-bond donors (Lipinski definition) is 2. The van der Waals surface area contributed by atoms with Gasteiger partial charge in [0, 0.05) is 5.69 Å². The summed E-state index contributed by atoms with van der Waals surface area (Å²) in [6, 6.07) is 16.6. The van der Waals surface area contributed by atoms with Crippen LogP contribution in [0.1, 0.15) is 31.0 Å². The smallest absolute Gasteiger partial charge is 0.244 e. The molecule has 0 fully saturated rings. The van der Waals surface area contributed by atoms with Gasteiger partial charge in [0.05, 0.1) is 25.9 Å². The van der Waals surface area contributed by atoms with E-state index in [4.69, 9.17) is 15.2 Å². The average molecular weight is 342 g/mol. The molecular formula is C20H26N2O3. The Morgan fingerprint density at radius 1 is 1.08 bits per heavy atom. The number of anilines is 1. The van der Waals surface area contributed by atoms with E-state index in [1.54, 1.807) is 0 Å². The van der Waals surface area contributed by atoms with Gasteiger partial charge in [0.25, 0.3) is 0 Å². The molecule has 5 heteroatoms. The van der Waals surface area contributed by atoms with Crippen LogP contribution >= 0.6 is 0 Å². The van der Waals surface area contributed by atoms with Gasteiger partial charge in [0.1, 0.15) is 6.04 Å². The molecule has 0 heterocycles. The van der Waals surface area contributed by atoms with Crippen molar-refractivity contribution < 1.29 is 14.3 Å². The van der Waals surface area contributed by atoms with Gasteiger partial charge < -0.3 is 20.5 Å². The second kappa shape index (κ2) is 9.81. The summed E-state index contributed by atoms with van der Waals surface area (Å²) in [7, 11) is 0. The molecule has 0 aliphatic heterocycles. The Bertz CT molecular complexity index is 659. The van der Waals surface area contributed by atoms with Crippen molar-refractivity contribution in [2.75, 3.05) is 18.5 Å². The first kappa shape index (κ1) is 19.0. The second-order valence-corrected chi connectivity index (χ2v) is 6.06. The zero-order valence-electron chi connectivity index (χ0n) is 14.8. The summed E-state index contributed by atoms with van der Waals surface area (Å²) in [5, 5.41) is 3.20. The van der Waals surface area contributed by atoms with Crippen LogP contribution in [-0.4, -0.2) is 25.2 Å². The summed E-state index contributed by atoms with van der Waals surface area (Å²) < 4.78 is 11.1. The fraction of sp³-hybridized carbons (Fsp3) is 0.350. The van der Waals surface area contributed by atoms with Crippen LogP contribution in [0.4, 0.5) is 5.69 Å². The van der Waals surface area contributed by atoms with E-state index in [2.05, 4.69) is 5.32 Å². The molecule has 3 N–H and O–H groups in total. The van der Waals surface area contributed by atoms with Crippen LogP contribution < -0.4 is 11.1 Å². The van der Waals surface area contributed by atoms with Crippen molar-refractivity contribution in [1.82, 2.24) is 0 Å². The standard InChI is InChI=1S/C20H26N2O3/c1-15(2)25-12-11-24-14-16-7-6-10-18(13-16)22-19(20(21)23)17-8-4-3-5-9-17/h3-10,13,15,19,22H,11-12,14H2,1-2H3,(H2,21,23)/t19-/m1/s1. The maximum absolute atomic E-state index is 11.8. The number of hydrogen-bond acceptors (Lipinski definition) is 4. The second-order valence-electron chi connectivity index (χ2n) is 6.06. The first-order valence-corrected chi connectivity index (χ1v) is 8.45. The van der Waals surface area contributed by atoms with Crippen molar-refractivity contribution in [2.24, 2.45) is 5.73 Å². The van der Waals surface area contributed by atoms with Gasteiger partial charge >= 0.3 is 0 Å². The molecule has 2 aromatic rings. The maximum Gasteiger partial charge on any atom is 0.244 e. The molecule has 0 aliphatic rings. The minimum absolute atomic E-state index is 0.208. The maximum atomic E-state index is 11.8. The summed E-state index contributed by atoms with van der Waals surface area (Å²) in [5.41, 5.74) is 8.23. The predicted octanol–water partition coefficient (Wildman–Crippen LogP) is 3.27. The van der Waals surface area contributed by atoms with Gasteiger partial charge in [0.15, 0.2) is 0 Å². The fourth-order valence-electron chi connectivity index (χ4n) is 2.41. The van der Waals surface area contributed by atoms with Crippen LogP contribution in [0, 0.1) is 0 Å². The van der Waals surface area contributed by atoms with Crippen molar-refractivity contribution in [1.29, 1.82) is 0 Å². The molecule has 2 rings (SSSR count). The number of ether oxygens (including phenoxy) is 2. The number of primary amides is 1. The van der Waals surface area contributed by atoms with Crippen molar-refractivity contribution >= 4 is 11.6 Å². The van der Waals surface area contributed by atoms with Gasteiger partial charge in [-0.25, -0.2) is 0 Å². The van der Waals surface area contributed by atoms with Crippen molar-refractivity contribution in [3.8, 4) is 0 Å². The van der Waals surface area contributed by atoms with Crippen LogP contribution in [0.15, 0.2) is 54.6 Å². The Labute approximate surface area is 149 Å². The van der Waals surface area contributed by atoms with Gasteiger partial charge in [0.2, 0.25) is 5.91 Å². The van der Waals surface area contributed by atoms with Crippen molar-refractivity contribution in [3.05, 3.63) is 65.7 Å². The lowest BCUT2D eigenvalue weighted by Crippen LogP contribution is -2.27. The summed E-state index contributed by atoms with van der Waals surface area (Å²) in [6.07, 6.45) is 0.208. The number of benzene rings is 2. The predicted molar refractivity (Wildman–Crippen MR) is 99.2 cm³/mol. The third-order valence-corrected chi connectivity index (χ3v) is 3.60. The van der Waals surface area contributed by atoms with Crippen molar-refractivity contribution in [3.63, 3.8) is 0 Å². The molecule has 0 aromatic heterocycles. The normalized spacial score (nSPS) is 12.1. The highest BCUT2D eigenvalue weighted by molar-refractivity contribution is 5.84. The third kappa shape index (κ3) is 6.57. The van der Waals surface area contributed by atoms with Crippen LogP contribution in [-0.2, 0) is 20.9 Å². The molecule has 5 nitrogen and oxygen atoms in total. The number of rotatable bonds is 10. The summed E-state index contributed by atoms with van der Waals surface area (Å²) in [5.74, 6) is -0.418. The van der Waals surface area contributed by atoms with E-state index in [1.807, 2.05) is 68.4 Å². The Morgan fingerprint density at radius 2 is 1.84 bits per heavy atom. The number of carbonyl (C=O) groups excluding carboxylic acids is 1. The van der Waals surface area contributed by atoms with E-state index < -0.39 is 11.9 Å². The first-order chi connectivity index (χ1) is 12.1. The van der Waals surface area contributed by atoms with Gasteiger partial charge in [-0.3, -0.25) is 4.79 Å². The highest BCUT2D eigenvalue weighted by atomic mass is 16.5. The molecule has 134 valence electrons. The number of nitrogens with one attached hydrogen (secondary N) is 1. The number of amides is 1. The molecule has 0 bridgehead atoms. The zero-order chi connectivity index (χ0) is 18.1. The number of nitrogens with two attached hydrogens (primary N) is 1. The zero-order valence-corrected chi connectivity index (χ0v) is 14.8. The highest BCUT2D eigenvalue weighted by Crippen LogP contribution is 2.20. The van der Waals surface area contributed by atoms with E-state index in [9.17, 15) is 4.79 Å². The minimum Gasteiger partial charge on any atom is -0.376 e. The van der Waals surface area contributed by atoms with Crippen molar-refractivity contribution in [2.45, 2.75) is 32.6 Å².